The summed E-state index contributed by atoms with van der Waals surface area (Å²) in [6.07, 6.45) is 2.31. The number of fused-ring (bicyclic) bond motifs is 1. The highest BCUT2D eigenvalue weighted by atomic mass is 16.5. The average Bonchev–Trinajstić information content (AvgIpc) is 2.46. The number of hydrogen-bond donors (Lipinski definition) is 2. The van der Waals surface area contributed by atoms with E-state index in [2.05, 4.69) is 15.3 Å². The molecule has 0 bridgehead atoms. The van der Waals surface area contributed by atoms with Crippen molar-refractivity contribution in [2.75, 3.05) is 25.1 Å². The van der Waals surface area contributed by atoms with E-state index in [0.717, 1.165) is 18.4 Å². The molecule has 106 valence electrons. The largest absolute Gasteiger partial charge is 0.478 e. The number of rotatable bonds is 7. The molecule has 0 aliphatic rings. The van der Waals surface area contributed by atoms with Crippen LogP contribution >= 0.6 is 0 Å². The van der Waals surface area contributed by atoms with Crippen molar-refractivity contribution in [3.8, 4) is 0 Å². The fraction of sp³-hybridized carbons (Fsp3) is 0.357. The van der Waals surface area contributed by atoms with Gasteiger partial charge in [0.1, 0.15) is 12.1 Å². The van der Waals surface area contributed by atoms with E-state index in [1.165, 1.54) is 6.33 Å². The van der Waals surface area contributed by atoms with Crippen molar-refractivity contribution < 1.29 is 14.6 Å². The Labute approximate surface area is 116 Å². The Hall–Kier alpha value is -2.21. The minimum atomic E-state index is -0.961. The summed E-state index contributed by atoms with van der Waals surface area (Å²) in [5, 5.41) is 13.0. The number of aromatic nitrogens is 2. The van der Waals surface area contributed by atoms with E-state index >= 15 is 0 Å². The normalized spacial score (nSPS) is 10.7. The number of anilines is 1. The summed E-state index contributed by atoms with van der Waals surface area (Å²) in [4.78, 5) is 19.2. The number of nitrogens with zero attached hydrogens (tertiary/aromatic N) is 2. The number of carboxylic acid groups (broad SMARTS) is 1. The number of benzene rings is 1. The first-order valence-corrected chi connectivity index (χ1v) is 6.52. The molecular weight excluding hydrogens is 258 g/mol. The van der Waals surface area contributed by atoms with Crippen molar-refractivity contribution in [1.82, 2.24) is 9.97 Å². The molecule has 0 saturated carbocycles. The van der Waals surface area contributed by atoms with Crippen LogP contribution in [0.15, 0.2) is 24.5 Å². The van der Waals surface area contributed by atoms with Gasteiger partial charge in [-0.15, -0.1) is 0 Å². The monoisotopic (exact) mass is 275 g/mol. The average molecular weight is 275 g/mol. The Bertz CT molecular complexity index is 601. The molecule has 6 nitrogen and oxygen atoms in total. The fourth-order valence-electron chi connectivity index (χ4n) is 1.86. The van der Waals surface area contributed by atoms with Crippen LogP contribution in [0.25, 0.3) is 10.9 Å². The summed E-state index contributed by atoms with van der Waals surface area (Å²) >= 11 is 0. The van der Waals surface area contributed by atoms with Gasteiger partial charge in [-0.1, -0.05) is 0 Å². The highest BCUT2D eigenvalue weighted by Gasteiger charge is 2.07. The quantitative estimate of drug-likeness (QED) is 0.753. The van der Waals surface area contributed by atoms with E-state index in [9.17, 15) is 4.79 Å². The number of carbonyl (C=O) groups is 1. The molecule has 1 heterocycles. The SMILES string of the molecule is CCOCCCNc1ncnc2cc(C(=O)O)ccc12. The Kier molecular flexibility index (Phi) is 4.84. The van der Waals surface area contributed by atoms with Crippen LogP contribution in [0.4, 0.5) is 5.82 Å². The van der Waals surface area contributed by atoms with Gasteiger partial charge < -0.3 is 15.2 Å². The van der Waals surface area contributed by atoms with E-state index in [4.69, 9.17) is 9.84 Å². The van der Waals surface area contributed by atoms with Gasteiger partial charge in [0, 0.05) is 25.1 Å². The molecule has 20 heavy (non-hydrogen) atoms. The molecule has 2 N–H and O–H groups in total. The summed E-state index contributed by atoms with van der Waals surface area (Å²) in [7, 11) is 0. The number of aromatic carboxylic acids is 1. The van der Waals surface area contributed by atoms with Crippen LogP contribution in [-0.2, 0) is 4.74 Å². The van der Waals surface area contributed by atoms with Gasteiger partial charge in [-0.05, 0) is 31.5 Å². The second-order valence-corrected chi connectivity index (χ2v) is 4.24. The van der Waals surface area contributed by atoms with Crippen molar-refractivity contribution in [2.24, 2.45) is 0 Å². The van der Waals surface area contributed by atoms with Crippen LogP contribution in [0, 0.1) is 0 Å². The van der Waals surface area contributed by atoms with Gasteiger partial charge in [0.05, 0.1) is 11.1 Å². The van der Waals surface area contributed by atoms with Crippen molar-refractivity contribution in [3.05, 3.63) is 30.1 Å². The Morgan fingerprint density at radius 1 is 1.40 bits per heavy atom. The predicted octanol–water partition coefficient (Wildman–Crippen LogP) is 2.17. The number of ether oxygens (including phenoxy) is 1. The molecule has 1 aromatic heterocycles. The van der Waals surface area contributed by atoms with Crippen LogP contribution in [0.3, 0.4) is 0 Å². The van der Waals surface area contributed by atoms with E-state index < -0.39 is 5.97 Å². The van der Waals surface area contributed by atoms with Gasteiger partial charge in [-0.3, -0.25) is 0 Å². The second-order valence-electron chi connectivity index (χ2n) is 4.24. The van der Waals surface area contributed by atoms with Gasteiger partial charge >= 0.3 is 5.97 Å². The third kappa shape index (κ3) is 3.42. The first-order chi connectivity index (χ1) is 9.72. The number of nitrogens with one attached hydrogen (secondary N) is 1. The maximum atomic E-state index is 10.9. The summed E-state index contributed by atoms with van der Waals surface area (Å²) in [6.45, 7) is 4.13. The first-order valence-electron chi connectivity index (χ1n) is 6.52. The van der Waals surface area contributed by atoms with Crippen LogP contribution in [-0.4, -0.2) is 40.8 Å². The predicted molar refractivity (Wildman–Crippen MR) is 76.1 cm³/mol. The van der Waals surface area contributed by atoms with Gasteiger partial charge in [0.25, 0.3) is 0 Å². The highest BCUT2D eigenvalue weighted by molar-refractivity contribution is 5.96. The lowest BCUT2D eigenvalue weighted by molar-refractivity contribution is 0.0697. The molecule has 0 radical (unpaired) electrons. The highest BCUT2D eigenvalue weighted by Crippen LogP contribution is 2.20. The molecule has 6 heteroatoms. The maximum absolute atomic E-state index is 10.9. The number of hydrogen-bond acceptors (Lipinski definition) is 5. The van der Waals surface area contributed by atoms with Crippen LogP contribution in [0.5, 0.6) is 0 Å². The minimum Gasteiger partial charge on any atom is -0.478 e. The van der Waals surface area contributed by atoms with Crippen LogP contribution < -0.4 is 5.32 Å². The molecule has 0 fully saturated rings. The van der Waals surface area contributed by atoms with E-state index in [1.54, 1.807) is 18.2 Å². The summed E-state index contributed by atoms with van der Waals surface area (Å²) < 4.78 is 5.26. The van der Waals surface area contributed by atoms with Crippen molar-refractivity contribution in [1.29, 1.82) is 0 Å². The molecule has 0 saturated heterocycles. The fourth-order valence-corrected chi connectivity index (χ4v) is 1.86. The Morgan fingerprint density at radius 2 is 2.25 bits per heavy atom. The summed E-state index contributed by atoms with van der Waals surface area (Å²) in [5.74, 6) is -0.250. The zero-order valence-corrected chi connectivity index (χ0v) is 11.3. The molecule has 0 unspecified atom stereocenters. The van der Waals surface area contributed by atoms with Crippen LogP contribution in [0.1, 0.15) is 23.7 Å². The molecule has 2 rings (SSSR count). The molecular formula is C14H17N3O3. The van der Waals surface area contributed by atoms with E-state index in [0.29, 0.717) is 24.5 Å². The topological polar surface area (TPSA) is 84.3 Å². The van der Waals surface area contributed by atoms with E-state index in [1.807, 2.05) is 6.92 Å². The third-order valence-corrected chi connectivity index (χ3v) is 2.85. The molecule has 0 spiro atoms. The van der Waals surface area contributed by atoms with Gasteiger partial charge in [0.2, 0.25) is 0 Å². The Balaban J connectivity index is 2.11. The zero-order valence-electron chi connectivity index (χ0n) is 11.3. The molecule has 0 aliphatic carbocycles. The van der Waals surface area contributed by atoms with Gasteiger partial charge in [-0.2, -0.15) is 0 Å². The Morgan fingerprint density at radius 3 is 3.00 bits per heavy atom. The maximum Gasteiger partial charge on any atom is 0.335 e. The molecule has 0 aliphatic heterocycles. The van der Waals surface area contributed by atoms with Crippen molar-refractivity contribution in [3.63, 3.8) is 0 Å². The van der Waals surface area contributed by atoms with Crippen LogP contribution in [0.2, 0.25) is 0 Å². The third-order valence-electron chi connectivity index (χ3n) is 2.85. The summed E-state index contributed by atoms with van der Waals surface area (Å²) in [5.41, 5.74) is 0.839. The first kappa shape index (κ1) is 14.2. The number of carboxylic acids is 1. The minimum absolute atomic E-state index is 0.221. The molecule has 1 aromatic carbocycles. The second kappa shape index (κ2) is 6.81. The zero-order chi connectivity index (χ0) is 14.4. The lowest BCUT2D eigenvalue weighted by Crippen LogP contribution is -2.07. The lowest BCUT2D eigenvalue weighted by atomic mass is 10.1. The molecule has 2 aromatic rings. The van der Waals surface area contributed by atoms with Gasteiger partial charge in [0.15, 0.2) is 0 Å². The smallest absolute Gasteiger partial charge is 0.335 e. The van der Waals surface area contributed by atoms with Crippen molar-refractivity contribution >= 4 is 22.7 Å². The van der Waals surface area contributed by atoms with E-state index in [-0.39, 0.29) is 5.56 Å². The lowest BCUT2D eigenvalue weighted by Gasteiger charge is -2.08. The standard InChI is InChI=1S/C14H17N3O3/c1-2-20-7-3-6-15-13-11-5-4-10(14(18)19)8-12(11)16-9-17-13/h4-5,8-9H,2-3,6-7H2,1H3,(H,18,19)(H,15,16,17). The van der Waals surface area contributed by atoms with Crippen molar-refractivity contribution in [2.45, 2.75) is 13.3 Å². The van der Waals surface area contributed by atoms with Gasteiger partial charge in [-0.25, -0.2) is 14.8 Å². The molecule has 0 atom stereocenters. The summed E-state index contributed by atoms with van der Waals surface area (Å²) in [6, 6.07) is 4.83. The molecule has 0 amide bonds.